The Balaban J connectivity index is 1.85. The molecule has 3 rings (SSSR count). The number of methoxy groups -OCH3 is 1. The molecule has 0 bridgehead atoms. The fourth-order valence-corrected chi connectivity index (χ4v) is 3.79. The summed E-state index contributed by atoms with van der Waals surface area (Å²) in [6, 6.07) is 4.83. The Labute approximate surface area is 123 Å². The van der Waals surface area contributed by atoms with Crippen molar-refractivity contribution in [2.24, 2.45) is 7.05 Å². The van der Waals surface area contributed by atoms with Crippen molar-refractivity contribution >= 4 is 11.3 Å². The topological polar surface area (TPSA) is 39.1 Å². The summed E-state index contributed by atoms with van der Waals surface area (Å²) in [5.41, 5.74) is 0. The summed E-state index contributed by atoms with van der Waals surface area (Å²) >= 11 is 1.77. The zero-order valence-corrected chi connectivity index (χ0v) is 12.8. The Morgan fingerprint density at radius 1 is 1.50 bits per heavy atom. The normalized spacial score (nSPS) is 24.1. The van der Waals surface area contributed by atoms with Gasteiger partial charge in [0.05, 0.1) is 6.10 Å². The van der Waals surface area contributed by atoms with Crippen LogP contribution in [-0.4, -0.2) is 28.8 Å². The average molecular weight is 291 g/mol. The van der Waals surface area contributed by atoms with Crippen molar-refractivity contribution in [2.45, 2.75) is 37.5 Å². The average Bonchev–Trinajstić information content (AvgIpc) is 3.17. The monoisotopic (exact) mass is 291 g/mol. The zero-order valence-electron chi connectivity index (χ0n) is 12.0. The summed E-state index contributed by atoms with van der Waals surface area (Å²) in [5.74, 6) is 1.06. The Morgan fingerprint density at radius 3 is 3.05 bits per heavy atom. The van der Waals surface area contributed by atoms with Crippen LogP contribution in [0.5, 0.6) is 0 Å². The van der Waals surface area contributed by atoms with Gasteiger partial charge in [0, 0.05) is 37.5 Å². The second kappa shape index (κ2) is 6.08. The third-order valence-electron chi connectivity index (χ3n) is 4.08. The molecule has 0 amide bonds. The Kier molecular flexibility index (Phi) is 4.19. The summed E-state index contributed by atoms with van der Waals surface area (Å²) in [6.45, 7) is 0. The molecular weight excluding hydrogens is 270 g/mol. The molecule has 0 aromatic carbocycles. The predicted octanol–water partition coefficient (Wildman–Crippen LogP) is 2.73. The number of nitrogens with zero attached hydrogens (tertiary/aromatic N) is 2. The van der Waals surface area contributed by atoms with Gasteiger partial charge in [0.2, 0.25) is 0 Å². The lowest BCUT2D eigenvalue weighted by Crippen LogP contribution is -2.40. The second-order valence-electron chi connectivity index (χ2n) is 5.32. The summed E-state index contributed by atoms with van der Waals surface area (Å²) in [6.07, 6.45) is 7.72. The molecule has 4 nitrogen and oxygen atoms in total. The lowest BCUT2D eigenvalue weighted by Gasteiger charge is -2.25. The molecule has 2 heterocycles. The minimum Gasteiger partial charge on any atom is -0.380 e. The maximum atomic E-state index is 5.60. The van der Waals surface area contributed by atoms with Crippen LogP contribution in [0.3, 0.4) is 0 Å². The van der Waals surface area contributed by atoms with Gasteiger partial charge in [-0.1, -0.05) is 6.07 Å². The van der Waals surface area contributed by atoms with Gasteiger partial charge in [-0.3, -0.25) is 5.32 Å². The highest BCUT2D eigenvalue weighted by Gasteiger charge is 2.31. The van der Waals surface area contributed by atoms with Crippen molar-refractivity contribution in [3.63, 3.8) is 0 Å². The van der Waals surface area contributed by atoms with Gasteiger partial charge in [0.1, 0.15) is 11.9 Å². The van der Waals surface area contributed by atoms with Gasteiger partial charge in [0.25, 0.3) is 0 Å². The summed E-state index contributed by atoms with van der Waals surface area (Å²) in [5, 5.41) is 5.89. The number of aryl methyl sites for hydroxylation is 1. The van der Waals surface area contributed by atoms with Gasteiger partial charge >= 0.3 is 0 Å². The van der Waals surface area contributed by atoms with Crippen LogP contribution in [0.4, 0.5) is 0 Å². The van der Waals surface area contributed by atoms with Crippen LogP contribution >= 0.6 is 11.3 Å². The first-order valence-electron chi connectivity index (χ1n) is 7.09. The second-order valence-corrected chi connectivity index (χ2v) is 6.30. The highest BCUT2D eigenvalue weighted by molar-refractivity contribution is 7.10. The fourth-order valence-electron chi connectivity index (χ4n) is 3.01. The van der Waals surface area contributed by atoms with E-state index in [1.54, 1.807) is 11.3 Å². The third kappa shape index (κ3) is 2.66. The lowest BCUT2D eigenvalue weighted by atomic mass is 10.1. The number of rotatable bonds is 5. The number of hydrogen-bond donors (Lipinski definition) is 1. The molecule has 1 aliphatic rings. The molecule has 0 radical (unpaired) electrons. The van der Waals surface area contributed by atoms with Crippen molar-refractivity contribution in [3.8, 4) is 0 Å². The Hall–Kier alpha value is -1.17. The molecule has 0 spiro atoms. The van der Waals surface area contributed by atoms with Crippen molar-refractivity contribution in [3.05, 3.63) is 40.6 Å². The Bertz CT molecular complexity index is 537. The number of nitrogens with one attached hydrogen (secondary N) is 1. The molecule has 1 aliphatic carbocycles. The summed E-state index contributed by atoms with van der Waals surface area (Å²) < 4.78 is 7.69. The quantitative estimate of drug-likeness (QED) is 0.920. The van der Waals surface area contributed by atoms with E-state index in [9.17, 15) is 0 Å². The van der Waals surface area contributed by atoms with E-state index in [4.69, 9.17) is 4.74 Å². The third-order valence-corrected chi connectivity index (χ3v) is 5.02. The van der Waals surface area contributed by atoms with Crippen LogP contribution in [0.1, 0.15) is 36.0 Å². The highest BCUT2D eigenvalue weighted by atomic mass is 32.1. The number of thiophene rings is 1. The molecule has 1 N–H and O–H groups in total. The van der Waals surface area contributed by atoms with E-state index in [0.29, 0.717) is 12.1 Å². The number of aromatic nitrogens is 2. The number of imidazole rings is 1. The molecular formula is C15H21N3OS. The largest absolute Gasteiger partial charge is 0.380 e. The minimum absolute atomic E-state index is 0.149. The number of ether oxygens (including phenoxy) is 1. The van der Waals surface area contributed by atoms with Crippen LogP contribution in [0.25, 0.3) is 0 Å². The van der Waals surface area contributed by atoms with Crippen LogP contribution in [0.15, 0.2) is 29.9 Å². The van der Waals surface area contributed by atoms with Crippen molar-refractivity contribution in [2.75, 3.05) is 7.11 Å². The molecule has 3 unspecified atom stereocenters. The van der Waals surface area contributed by atoms with Gasteiger partial charge in [-0.05, 0) is 30.7 Å². The van der Waals surface area contributed by atoms with E-state index in [2.05, 4.69) is 32.4 Å². The summed E-state index contributed by atoms with van der Waals surface area (Å²) in [7, 11) is 3.86. The molecule has 1 saturated carbocycles. The molecule has 2 aromatic heterocycles. The molecule has 5 heteroatoms. The van der Waals surface area contributed by atoms with Crippen LogP contribution in [0, 0.1) is 0 Å². The van der Waals surface area contributed by atoms with Gasteiger partial charge in [-0.25, -0.2) is 4.98 Å². The summed E-state index contributed by atoms with van der Waals surface area (Å²) in [4.78, 5) is 5.84. The first-order chi connectivity index (χ1) is 9.79. The van der Waals surface area contributed by atoms with Gasteiger partial charge in [0.15, 0.2) is 0 Å². The maximum Gasteiger partial charge on any atom is 0.131 e. The van der Waals surface area contributed by atoms with Crippen molar-refractivity contribution in [1.82, 2.24) is 14.9 Å². The molecule has 1 fully saturated rings. The number of hydrogen-bond acceptors (Lipinski definition) is 4. The first kappa shape index (κ1) is 13.8. The van der Waals surface area contributed by atoms with Gasteiger partial charge < -0.3 is 9.30 Å². The van der Waals surface area contributed by atoms with Crippen molar-refractivity contribution < 1.29 is 4.74 Å². The molecule has 20 heavy (non-hydrogen) atoms. The van der Waals surface area contributed by atoms with E-state index >= 15 is 0 Å². The molecule has 3 atom stereocenters. The highest BCUT2D eigenvalue weighted by Crippen LogP contribution is 2.29. The van der Waals surface area contributed by atoms with Gasteiger partial charge in [-0.15, -0.1) is 11.3 Å². The van der Waals surface area contributed by atoms with E-state index in [1.807, 2.05) is 26.6 Å². The Morgan fingerprint density at radius 2 is 2.40 bits per heavy atom. The van der Waals surface area contributed by atoms with Crippen LogP contribution < -0.4 is 5.32 Å². The van der Waals surface area contributed by atoms with E-state index < -0.39 is 0 Å². The zero-order chi connectivity index (χ0) is 13.9. The van der Waals surface area contributed by atoms with Crippen LogP contribution in [-0.2, 0) is 11.8 Å². The predicted molar refractivity (Wildman–Crippen MR) is 80.9 cm³/mol. The smallest absolute Gasteiger partial charge is 0.131 e. The van der Waals surface area contributed by atoms with E-state index in [1.165, 1.54) is 17.7 Å². The maximum absolute atomic E-state index is 5.60. The van der Waals surface area contributed by atoms with Crippen LogP contribution in [0.2, 0.25) is 0 Å². The SMILES string of the molecule is COC1CCCC1NC(c1cccs1)c1nccn1C. The fraction of sp³-hybridized carbons (Fsp3) is 0.533. The molecule has 0 saturated heterocycles. The molecule has 2 aromatic rings. The van der Waals surface area contributed by atoms with Gasteiger partial charge in [-0.2, -0.15) is 0 Å². The minimum atomic E-state index is 0.149. The first-order valence-corrected chi connectivity index (χ1v) is 7.97. The molecule has 108 valence electrons. The van der Waals surface area contributed by atoms with E-state index in [0.717, 1.165) is 12.2 Å². The van der Waals surface area contributed by atoms with E-state index in [-0.39, 0.29) is 6.04 Å². The standard InChI is InChI=1S/C15H21N3OS/c1-18-9-8-16-15(18)14(13-7-4-10-20-13)17-11-5-3-6-12(11)19-2/h4,7-12,14,17H,3,5-6H2,1-2H3. The molecule has 0 aliphatic heterocycles. The lowest BCUT2D eigenvalue weighted by molar-refractivity contribution is 0.0825. The van der Waals surface area contributed by atoms with Crippen molar-refractivity contribution in [1.29, 1.82) is 0 Å².